The quantitative estimate of drug-likeness (QED) is 0.897. The van der Waals surface area contributed by atoms with Crippen molar-refractivity contribution in [2.24, 2.45) is 0 Å². The number of fused-ring (bicyclic) bond motifs is 1. The monoisotopic (exact) mass is 266 g/mol. The topological polar surface area (TPSA) is 41.1 Å². The first-order chi connectivity index (χ1) is 9.74. The molecule has 0 radical (unpaired) electrons. The van der Waals surface area contributed by atoms with E-state index in [1.54, 1.807) is 0 Å². The first-order valence-electron chi connectivity index (χ1n) is 6.90. The highest BCUT2D eigenvalue weighted by Crippen LogP contribution is 2.30. The normalized spacial score (nSPS) is 16.4. The minimum atomic E-state index is -0.0864. The SMILES string of the molecule is Cc1ccc(CNC(=O)C2CNc3ccccc32)cc1. The number of hydrogen-bond donors (Lipinski definition) is 2. The zero-order valence-electron chi connectivity index (χ0n) is 11.5. The fraction of sp³-hybridized carbons (Fsp3) is 0.235. The van der Waals surface area contributed by atoms with Gasteiger partial charge in [-0.15, -0.1) is 0 Å². The van der Waals surface area contributed by atoms with Gasteiger partial charge in [-0.25, -0.2) is 0 Å². The standard InChI is InChI=1S/C17H18N2O/c1-12-6-8-13(9-7-12)10-19-17(20)15-11-18-16-5-3-2-4-14(15)16/h2-9,15,18H,10-11H2,1H3,(H,19,20). The molecule has 0 saturated heterocycles. The lowest BCUT2D eigenvalue weighted by Gasteiger charge is -2.11. The molecule has 3 nitrogen and oxygen atoms in total. The Kier molecular flexibility index (Phi) is 3.42. The number of amides is 1. The molecule has 2 aromatic carbocycles. The number of carbonyl (C=O) groups is 1. The van der Waals surface area contributed by atoms with Gasteiger partial charge in [-0.2, -0.15) is 0 Å². The van der Waals surface area contributed by atoms with Crippen LogP contribution in [-0.2, 0) is 11.3 Å². The molecule has 0 fully saturated rings. The van der Waals surface area contributed by atoms with Crippen molar-refractivity contribution in [2.45, 2.75) is 19.4 Å². The largest absolute Gasteiger partial charge is 0.384 e. The van der Waals surface area contributed by atoms with Crippen LogP contribution in [-0.4, -0.2) is 12.5 Å². The third-order valence-electron chi connectivity index (χ3n) is 3.74. The first kappa shape index (κ1) is 12.7. The number of para-hydroxylation sites is 1. The lowest BCUT2D eigenvalue weighted by molar-refractivity contribution is -0.122. The van der Waals surface area contributed by atoms with E-state index in [0.717, 1.165) is 16.8 Å². The molecule has 2 N–H and O–H groups in total. The van der Waals surface area contributed by atoms with Gasteiger partial charge in [0.25, 0.3) is 0 Å². The minimum Gasteiger partial charge on any atom is -0.384 e. The molecule has 1 aliphatic heterocycles. The van der Waals surface area contributed by atoms with E-state index in [1.807, 2.05) is 24.3 Å². The van der Waals surface area contributed by atoms with E-state index in [4.69, 9.17) is 0 Å². The van der Waals surface area contributed by atoms with Crippen LogP contribution in [0.25, 0.3) is 0 Å². The van der Waals surface area contributed by atoms with Crippen molar-refractivity contribution in [1.29, 1.82) is 0 Å². The molecule has 3 heteroatoms. The van der Waals surface area contributed by atoms with Gasteiger partial charge >= 0.3 is 0 Å². The van der Waals surface area contributed by atoms with E-state index in [-0.39, 0.29) is 11.8 Å². The van der Waals surface area contributed by atoms with E-state index >= 15 is 0 Å². The van der Waals surface area contributed by atoms with Gasteiger partial charge in [-0.3, -0.25) is 4.79 Å². The average Bonchev–Trinajstić information content (AvgIpc) is 2.90. The van der Waals surface area contributed by atoms with E-state index in [0.29, 0.717) is 13.1 Å². The van der Waals surface area contributed by atoms with Crippen molar-refractivity contribution in [1.82, 2.24) is 5.32 Å². The molecule has 2 aromatic rings. The van der Waals surface area contributed by atoms with Crippen LogP contribution < -0.4 is 10.6 Å². The molecule has 1 aliphatic rings. The van der Waals surface area contributed by atoms with Gasteiger partial charge in [0, 0.05) is 18.8 Å². The summed E-state index contributed by atoms with van der Waals surface area (Å²) in [6.45, 7) is 3.32. The van der Waals surface area contributed by atoms with Crippen LogP contribution in [0.1, 0.15) is 22.6 Å². The van der Waals surface area contributed by atoms with Gasteiger partial charge in [0.1, 0.15) is 0 Å². The summed E-state index contributed by atoms with van der Waals surface area (Å²) < 4.78 is 0. The van der Waals surface area contributed by atoms with Crippen molar-refractivity contribution in [3.05, 3.63) is 65.2 Å². The third-order valence-corrected chi connectivity index (χ3v) is 3.74. The molecule has 0 spiro atoms. The first-order valence-corrected chi connectivity index (χ1v) is 6.90. The van der Waals surface area contributed by atoms with E-state index < -0.39 is 0 Å². The fourth-order valence-corrected chi connectivity index (χ4v) is 2.54. The molecular weight excluding hydrogens is 248 g/mol. The van der Waals surface area contributed by atoms with E-state index in [1.165, 1.54) is 5.56 Å². The molecule has 1 atom stereocenters. The Hall–Kier alpha value is -2.29. The van der Waals surface area contributed by atoms with Crippen molar-refractivity contribution in [2.75, 3.05) is 11.9 Å². The molecule has 0 aliphatic carbocycles. The second kappa shape index (κ2) is 5.37. The summed E-state index contributed by atoms with van der Waals surface area (Å²) >= 11 is 0. The van der Waals surface area contributed by atoms with Crippen LogP contribution >= 0.6 is 0 Å². The molecule has 0 aromatic heterocycles. The number of rotatable bonds is 3. The van der Waals surface area contributed by atoms with Crippen LogP contribution in [0.4, 0.5) is 5.69 Å². The average molecular weight is 266 g/mol. The second-order valence-electron chi connectivity index (χ2n) is 5.22. The van der Waals surface area contributed by atoms with Crippen LogP contribution in [0.15, 0.2) is 48.5 Å². The molecule has 102 valence electrons. The predicted molar refractivity (Wildman–Crippen MR) is 80.7 cm³/mol. The smallest absolute Gasteiger partial charge is 0.229 e. The van der Waals surface area contributed by atoms with Gasteiger partial charge in [-0.1, -0.05) is 48.0 Å². The maximum Gasteiger partial charge on any atom is 0.229 e. The van der Waals surface area contributed by atoms with Crippen molar-refractivity contribution >= 4 is 11.6 Å². The summed E-state index contributed by atoms with van der Waals surface area (Å²) in [4.78, 5) is 12.3. The summed E-state index contributed by atoms with van der Waals surface area (Å²) in [6, 6.07) is 16.2. The van der Waals surface area contributed by atoms with Crippen LogP contribution in [0, 0.1) is 6.92 Å². The van der Waals surface area contributed by atoms with Crippen molar-refractivity contribution in [3.63, 3.8) is 0 Å². The Morgan fingerprint density at radius 1 is 1.20 bits per heavy atom. The summed E-state index contributed by atoms with van der Waals surface area (Å²) in [7, 11) is 0. The Balaban J connectivity index is 1.65. The lowest BCUT2D eigenvalue weighted by Crippen LogP contribution is -2.29. The van der Waals surface area contributed by atoms with Crippen LogP contribution in [0.5, 0.6) is 0 Å². The van der Waals surface area contributed by atoms with Crippen molar-refractivity contribution in [3.8, 4) is 0 Å². The maximum absolute atomic E-state index is 12.3. The van der Waals surface area contributed by atoms with Gasteiger partial charge in [0.2, 0.25) is 5.91 Å². The highest BCUT2D eigenvalue weighted by atomic mass is 16.1. The number of anilines is 1. The summed E-state index contributed by atoms with van der Waals surface area (Å²) in [5.74, 6) is -0.000302. The zero-order valence-corrected chi connectivity index (χ0v) is 11.5. The van der Waals surface area contributed by atoms with Gasteiger partial charge in [0.15, 0.2) is 0 Å². The van der Waals surface area contributed by atoms with Gasteiger partial charge < -0.3 is 10.6 Å². The van der Waals surface area contributed by atoms with Crippen LogP contribution in [0.3, 0.4) is 0 Å². The predicted octanol–water partition coefficient (Wildman–Crippen LogP) is 2.82. The number of benzene rings is 2. The van der Waals surface area contributed by atoms with E-state index in [2.05, 4.69) is 41.8 Å². The van der Waals surface area contributed by atoms with Gasteiger partial charge in [0.05, 0.1) is 5.92 Å². The maximum atomic E-state index is 12.3. The molecule has 0 saturated carbocycles. The van der Waals surface area contributed by atoms with Crippen LogP contribution in [0.2, 0.25) is 0 Å². The number of hydrogen-bond acceptors (Lipinski definition) is 2. The molecule has 3 rings (SSSR count). The van der Waals surface area contributed by atoms with Gasteiger partial charge in [-0.05, 0) is 24.1 Å². The number of aryl methyl sites for hydroxylation is 1. The molecule has 1 unspecified atom stereocenters. The zero-order chi connectivity index (χ0) is 13.9. The summed E-state index contributed by atoms with van der Waals surface area (Å²) in [5.41, 5.74) is 4.52. The number of carbonyl (C=O) groups excluding carboxylic acids is 1. The highest BCUT2D eigenvalue weighted by molar-refractivity contribution is 5.88. The number of nitrogens with one attached hydrogen (secondary N) is 2. The molecule has 1 heterocycles. The van der Waals surface area contributed by atoms with E-state index in [9.17, 15) is 4.79 Å². The Morgan fingerprint density at radius 2 is 1.95 bits per heavy atom. The fourth-order valence-electron chi connectivity index (χ4n) is 2.54. The third kappa shape index (κ3) is 2.52. The molecule has 20 heavy (non-hydrogen) atoms. The summed E-state index contributed by atoms with van der Waals surface area (Å²) in [5, 5.41) is 6.30. The molecule has 0 bridgehead atoms. The minimum absolute atomic E-state index is 0.0861. The lowest BCUT2D eigenvalue weighted by atomic mass is 10.0. The second-order valence-corrected chi connectivity index (χ2v) is 5.22. The molecule has 1 amide bonds. The Bertz CT molecular complexity index is 619. The summed E-state index contributed by atoms with van der Waals surface area (Å²) in [6.07, 6.45) is 0. The van der Waals surface area contributed by atoms with Crippen molar-refractivity contribution < 1.29 is 4.79 Å². The Morgan fingerprint density at radius 3 is 2.75 bits per heavy atom. The Labute approximate surface area is 119 Å². The highest BCUT2D eigenvalue weighted by Gasteiger charge is 2.27. The molecular formula is C17H18N2O.